The molecular weight excluding hydrogens is 753 g/mol. The van der Waals surface area contributed by atoms with Gasteiger partial charge in [0, 0.05) is 34.8 Å². The van der Waals surface area contributed by atoms with Gasteiger partial charge in [0.15, 0.2) is 11.6 Å². The van der Waals surface area contributed by atoms with Crippen LogP contribution >= 0.6 is 0 Å². The predicted octanol–water partition coefficient (Wildman–Crippen LogP) is 15.0. The van der Waals surface area contributed by atoms with E-state index in [4.69, 9.17) is 15.0 Å². The van der Waals surface area contributed by atoms with E-state index in [-0.39, 0.29) is 5.92 Å². The zero-order valence-corrected chi connectivity index (χ0v) is 35.7. The summed E-state index contributed by atoms with van der Waals surface area (Å²) < 4.78 is 0. The lowest BCUT2D eigenvalue weighted by Gasteiger charge is -2.20. The molecule has 0 saturated heterocycles. The lowest BCUT2D eigenvalue weighted by Crippen LogP contribution is -2.05. The number of benzene rings is 6. The number of pyridine rings is 1. The Hall–Kier alpha value is -7.30. The highest BCUT2D eigenvalue weighted by molar-refractivity contribution is 5.97. The van der Waals surface area contributed by atoms with Crippen molar-refractivity contribution in [2.75, 3.05) is 0 Å². The third-order valence-electron chi connectivity index (χ3n) is 11.7. The Morgan fingerprint density at radius 3 is 2.29 bits per heavy atom. The van der Waals surface area contributed by atoms with Crippen molar-refractivity contribution in [2.24, 2.45) is 0 Å². The summed E-state index contributed by atoms with van der Waals surface area (Å²) in [6, 6.07) is 45.8. The minimum atomic E-state index is -0.0222. The highest BCUT2D eigenvalue weighted by Gasteiger charge is 2.18. The van der Waals surface area contributed by atoms with E-state index in [1.165, 1.54) is 49.5 Å². The molecular formula is C58H50N4. The van der Waals surface area contributed by atoms with Crippen LogP contribution in [0.3, 0.4) is 0 Å². The molecule has 0 aliphatic heterocycles. The number of hydrogen-bond donors (Lipinski definition) is 0. The smallest absolute Gasteiger partial charge is 0.163 e. The molecule has 1 unspecified atom stereocenters. The van der Waals surface area contributed by atoms with E-state index in [9.17, 15) is 0 Å². The number of hydrogen-bond acceptors (Lipinski definition) is 4. The first kappa shape index (κ1) is 40.1. The van der Waals surface area contributed by atoms with Crippen LogP contribution in [0.1, 0.15) is 67.6 Å². The van der Waals surface area contributed by atoms with E-state index < -0.39 is 0 Å². The summed E-state index contributed by atoms with van der Waals surface area (Å²) in [6.07, 6.45) is 27.5. The molecule has 0 bridgehead atoms. The Morgan fingerprint density at radius 1 is 0.677 bits per heavy atom. The summed E-state index contributed by atoms with van der Waals surface area (Å²) in [7, 11) is 0. The molecule has 2 aromatic heterocycles. The second-order valence-corrected chi connectivity index (χ2v) is 16.0. The summed E-state index contributed by atoms with van der Waals surface area (Å²) in [6.45, 7) is 6.37. The standard InChI is InChI=1S/C58H50N4/c1-4-6-9-17-40(3)56-60-57(43-19-10-8-11-20-43)62-58(61-56)51-34-41(33-50(37-51)45-23-16-22-44(35-45)46-29-30-49-39-59-32-31-47(49)36-46)27-28-42(18-7-5-2)55-38-48-21-12-13-24-52(48)53-25-14-15-26-54(53)55/h4,6-14,16-25,28-40H,5,15,26-27H2,1-3H3/b6-4-,17-9-,18-7-,42-28+. The molecule has 8 aromatic rings. The molecule has 302 valence electrons. The van der Waals surface area contributed by atoms with Gasteiger partial charge in [-0.05, 0) is 135 Å². The van der Waals surface area contributed by atoms with Gasteiger partial charge in [-0.2, -0.15) is 0 Å². The van der Waals surface area contributed by atoms with Crippen LogP contribution in [0.4, 0.5) is 0 Å². The first-order valence-corrected chi connectivity index (χ1v) is 21.8. The van der Waals surface area contributed by atoms with E-state index in [2.05, 4.69) is 171 Å². The van der Waals surface area contributed by atoms with Crippen molar-refractivity contribution in [3.8, 4) is 45.0 Å². The van der Waals surface area contributed by atoms with Gasteiger partial charge < -0.3 is 0 Å². The number of rotatable bonds is 12. The van der Waals surface area contributed by atoms with Gasteiger partial charge in [-0.15, -0.1) is 0 Å². The van der Waals surface area contributed by atoms with Crippen molar-refractivity contribution < 1.29 is 0 Å². The van der Waals surface area contributed by atoms with Gasteiger partial charge in [0.1, 0.15) is 5.82 Å². The monoisotopic (exact) mass is 802 g/mol. The van der Waals surface area contributed by atoms with Gasteiger partial charge in [0.2, 0.25) is 0 Å². The number of allylic oxidation sites excluding steroid dienone is 9. The maximum absolute atomic E-state index is 5.20. The van der Waals surface area contributed by atoms with Crippen LogP contribution < -0.4 is 0 Å². The summed E-state index contributed by atoms with van der Waals surface area (Å²) in [5.41, 5.74) is 13.0. The molecule has 1 aliphatic rings. The largest absolute Gasteiger partial charge is 0.264 e. The van der Waals surface area contributed by atoms with Crippen molar-refractivity contribution in [1.82, 2.24) is 19.9 Å². The van der Waals surface area contributed by atoms with E-state index in [0.29, 0.717) is 11.6 Å². The number of fused-ring (bicyclic) bond motifs is 4. The van der Waals surface area contributed by atoms with Crippen molar-refractivity contribution >= 4 is 33.2 Å². The fourth-order valence-electron chi connectivity index (χ4n) is 8.42. The Labute approximate surface area is 365 Å². The molecule has 4 nitrogen and oxygen atoms in total. The van der Waals surface area contributed by atoms with E-state index in [1.54, 1.807) is 0 Å². The SMILES string of the molecule is C/C=C\C=C/C(C)c1nc(-c2ccccc2)nc(-c2cc(C/C=C(\C=C/CC)c3cc4ccccc4c4c3CCC=C4)cc(-c3cccc(-c4ccc5cnccc5c4)c3)c2)n1. The molecule has 0 amide bonds. The van der Waals surface area contributed by atoms with Crippen LogP contribution in [0.25, 0.3) is 78.2 Å². The lowest BCUT2D eigenvalue weighted by atomic mass is 9.85. The average molecular weight is 803 g/mol. The summed E-state index contributed by atoms with van der Waals surface area (Å²) in [5, 5.41) is 4.89. The van der Waals surface area contributed by atoms with E-state index >= 15 is 0 Å². The van der Waals surface area contributed by atoms with Crippen LogP contribution in [0, 0.1) is 0 Å². The Balaban J connectivity index is 1.20. The second-order valence-electron chi connectivity index (χ2n) is 16.0. The molecule has 2 heterocycles. The Morgan fingerprint density at radius 2 is 1.44 bits per heavy atom. The van der Waals surface area contributed by atoms with Crippen LogP contribution in [0.15, 0.2) is 188 Å². The van der Waals surface area contributed by atoms with Crippen LogP contribution in [-0.2, 0) is 12.8 Å². The zero-order chi connectivity index (χ0) is 42.3. The van der Waals surface area contributed by atoms with Crippen LogP contribution in [0.2, 0.25) is 0 Å². The van der Waals surface area contributed by atoms with Gasteiger partial charge in [-0.1, -0.05) is 160 Å². The molecule has 0 fully saturated rings. The average Bonchev–Trinajstić information content (AvgIpc) is 3.34. The van der Waals surface area contributed by atoms with Crippen molar-refractivity contribution in [1.29, 1.82) is 0 Å². The number of nitrogens with zero attached hydrogens (tertiary/aromatic N) is 4. The van der Waals surface area contributed by atoms with Gasteiger partial charge in [-0.3, -0.25) is 4.98 Å². The third kappa shape index (κ3) is 8.77. The maximum Gasteiger partial charge on any atom is 0.163 e. The third-order valence-corrected chi connectivity index (χ3v) is 11.7. The highest BCUT2D eigenvalue weighted by Crippen LogP contribution is 2.37. The molecule has 4 heteroatoms. The van der Waals surface area contributed by atoms with Gasteiger partial charge in [-0.25, -0.2) is 15.0 Å². The van der Waals surface area contributed by atoms with E-state index in [1.807, 2.05) is 49.7 Å². The van der Waals surface area contributed by atoms with Gasteiger partial charge >= 0.3 is 0 Å². The molecule has 0 spiro atoms. The van der Waals surface area contributed by atoms with E-state index in [0.717, 1.165) is 64.7 Å². The van der Waals surface area contributed by atoms with Crippen molar-refractivity contribution in [3.63, 3.8) is 0 Å². The van der Waals surface area contributed by atoms with Gasteiger partial charge in [0.25, 0.3) is 0 Å². The topological polar surface area (TPSA) is 51.6 Å². The summed E-state index contributed by atoms with van der Waals surface area (Å²) in [4.78, 5) is 19.7. The second kappa shape index (κ2) is 18.5. The normalized spacial score (nSPS) is 13.5. The minimum absolute atomic E-state index is 0.0222. The molecule has 0 saturated carbocycles. The first-order valence-electron chi connectivity index (χ1n) is 21.8. The number of aromatic nitrogens is 4. The summed E-state index contributed by atoms with van der Waals surface area (Å²) >= 11 is 0. The first-order chi connectivity index (χ1) is 30.5. The van der Waals surface area contributed by atoms with Gasteiger partial charge in [0.05, 0.1) is 0 Å². The molecule has 9 rings (SSSR count). The molecule has 6 aromatic carbocycles. The minimum Gasteiger partial charge on any atom is -0.264 e. The zero-order valence-electron chi connectivity index (χ0n) is 35.7. The Kier molecular flexibility index (Phi) is 12.0. The van der Waals surface area contributed by atoms with Crippen LogP contribution in [-0.4, -0.2) is 19.9 Å². The lowest BCUT2D eigenvalue weighted by molar-refractivity contribution is 0.828. The fraction of sp³-hybridized carbons (Fsp3) is 0.138. The quantitative estimate of drug-likeness (QED) is 0.115. The van der Waals surface area contributed by atoms with Crippen molar-refractivity contribution in [3.05, 3.63) is 216 Å². The maximum atomic E-state index is 5.20. The molecule has 62 heavy (non-hydrogen) atoms. The molecule has 1 aliphatic carbocycles. The predicted molar refractivity (Wildman–Crippen MR) is 262 cm³/mol. The molecule has 0 N–H and O–H groups in total. The van der Waals surface area contributed by atoms with Crippen LogP contribution in [0.5, 0.6) is 0 Å². The fourth-order valence-corrected chi connectivity index (χ4v) is 8.42. The van der Waals surface area contributed by atoms with Crippen molar-refractivity contribution in [2.45, 2.75) is 52.4 Å². The summed E-state index contributed by atoms with van der Waals surface area (Å²) in [5.74, 6) is 2.04. The molecule has 1 atom stereocenters. The highest BCUT2D eigenvalue weighted by atomic mass is 15.0. The Bertz CT molecular complexity index is 3060. The molecule has 0 radical (unpaired) electrons.